The fourth-order valence-electron chi connectivity index (χ4n) is 4.09. The quantitative estimate of drug-likeness (QED) is 0.603. The number of aryl methyl sites for hydroxylation is 2. The standard InChI is InChI=1S/C21H26O5S2/c1-3-14-4-5-15(27-14)7-12-8-16-13(6-11(12)2)10-26-21(16)20(25)19(24)18(23)17(9-22)28-21/h4-6,8,17-20,22-25H,3,7,9-10H2,1-2H3/t17-,18-,19+,20-,21+/m1/s1. The second-order valence-electron chi connectivity index (χ2n) is 7.56. The highest BCUT2D eigenvalue weighted by atomic mass is 32.2. The number of hydrogen-bond acceptors (Lipinski definition) is 7. The number of hydrogen-bond donors (Lipinski definition) is 4. The van der Waals surface area contributed by atoms with Crippen LogP contribution in [-0.2, 0) is 29.1 Å². The summed E-state index contributed by atoms with van der Waals surface area (Å²) in [6, 6.07) is 8.48. The smallest absolute Gasteiger partial charge is 0.168 e. The van der Waals surface area contributed by atoms with E-state index in [1.165, 1.54) is 27.1 Å². The molecule has 5 nitrogen and oxygen atoms in total. The summed E-state index contributed by atoms with van der Waals surface area (Å²) in [4.78, 5) is 1.47. The first-order valence-corrected chi connectivity index (χ1v) is 11.3. The van der Waals surface area contributed by atoms with Gasteiger partial charge in [0.1, 0.15) is 12.2 Å². The Kier molecular flexibility index (Phi) is 5.61. The molecule has 0 radical (unpaired) electrons. The topological polar surface area (TPSA) is 90.2 Å². The van der Waals surface area contributed by atoms with E-state index in [4.69, 9.17) is 4.74 Å². The molecule has 5 atom stereocenters. The van der Waals surface area contributed by atoms with Gasteiger partial charge in [-0.2, -0.15) is 0 Å². The molecule has 0 amide bonds. The predicted molar refractivity (Wildman–Crippen MR) is 111 cm³/mol. The number of aliphatic hydroxyl groups excluding tert-OH is 4. The molecule has 2 aromatic rings. The molecular formula is C21H26O5S2. The summed E-state index contributed by atoms with van der Waals surface area (Å²) >= 11 is 3.01. The second-order valence-corrected chi connectivity index (χ2v) is 10.3. The van der Waals surface area contributed by atoms with Gasteiger partial charge >= 0.3 is 0 Å². The minimum Gasteiger partial charge on any atom is -0.395 e. The molecule has 7 heteroatoms. The molecule has 0 aliphatic carbocycles. The molecule has 1 aromatic heterocycles. The number of fused-ring (bicyclic) bond motifs is 2. The molecular weight excluding hydrogens is 396 g/mol. The second kappa shape index (κ2) is 7.72. The highest BCUT2D eigenvalue weighted by Crippen LogP contribution is 2.54. The Morgan fingerprint density at radius 2 is 1.89 bits per heavy atom. The number of benzene rings is 1. The van der Waals surface area contributed by atoms with Crippen LogP contribution in [0, 0.1) is 6.92 Å². The third-order valence-electron chi connectivity index (χ3n) is 5.76. The molecule has 1 fully saturated rings. The van der Waals surface area contributed by atoms with Gasteiger partial charge in [-0.3, -0.25) is 0 Å². The van der Waals surface area contributed by atoms with Crippen LogP contribution in [0.25, 0.3) is 0 Å². The van der Waals surface area contributed by atoms with Crippen molar-refractivity contribution < 1.29 is 25.2 Å². The van der Waals surface area contributed by atoms with E-state index in [1.54, 1.807) is 0 Å². The van der Waals surface area contributed by atoms with Gasteiger partial charge in [0, 0.05) is 21.7 Å². The monoisotopic (exact) mass is 422 g/mol. The highest BCUT2D eigenvalue weighted by molar-refractivity contribution is 8.00. The normalized spacial score (nSPS) is 32.1. The van der Waals surface area contributed by atoms with E-state index in [0.29, 0.717) is 6.61 Å². The van der Waals surface area contributed by atoms with Crippen LogP contribution in [0.1, 0.15) is 38.9 Å². The van der Waals surface area contributed by atoms with Crippen molar-refractivity contribution in [3.8, 4) is 0 Å². The van der Waals surface area contributed by atoms with Crippen molar-refractivity contribution in [1.82, 2.24) is 0 Å². The van der Waals surface area contributed by atoms with Gasteiger partial charge in [-0.1, -0.05) is 19.1 Å². The summed E-state index contributed by atoms with van der Waals surface area (Å²) in [5.74, 6) is 0. The lowest BCUT2D eigenvalue weighted by atomic mass is 9.90. The first-order chi connectivity index (χ1) is 13.4. The Morgan fingerprint density at radius 1 is 1.14 bits per heavy atom. The molecule has 0 saturated carbocycles. The molecule has 1 aromatic carbocycles. The molecule has 1 spiro atoms. The summed E-state index contributed by atoms with van der Waals surface area (Å²) < 4.78 is 6.03. The van der Waals surface area contributed by atoms with E-state index in [2.05, 4.69) is 38.1 Å². The van der Waals surface area contributed by atoms with Crippen molar-refractivity contribution in [1.29, 1.82) is 0 Å². The van der Waals surface area contributed by atoms with Crippen LogP contribution in [0.2, 0.25) is 0 Å². The number of ether oxygens (including phenoxy) is 1. The summed E-state index contributed by atoms with van der Waals surface area (Å²) in [7, 11) is 0. The molecule has 28 heavy (non-hydrogen) atoms. The summed E-state index contributed by atoms with van der Waals surface area (Å²) in [5.41, 5.74) is 4.14. The largest absolute Gasteiger partial charge is 0.395 e. The Balaban J connectivity index is 1.72. The Labute approximate surface area is 173 Å². The van der Waals surface area contributed by atoms with Gasteiger partial charge in [-0.05, 0) is 42.2 Å². The van der Waals surface area contributed by atoms with Crippen molar-refractivity contribution in [3.05, 3.63) is 56.3 Å². The van der Waals surface area contributed by atoms with Gasteiger partial charge in [-0.15, -0.1) is 23.1 Å². The molecule has 0 bridgehead atoms. The van der Waals surface area contributed by atoms with Gasteiger partial charge < -0.3 is 25.2 Å². The van der Waals surface area contributed by atoms with Crippen LogP contribution in [-0.4, -0.2) is 50.6 Å². The van der Waals surface area contributed by atoms with Crippen LogP contribution in [0.3, 0.4) is 0 Å². The van der Waals surface area contributed by atoms with Crippen LogP contribution in [0.4, 0.5) is 0 Å². The average Bonchev–Trinajstić information content (AvgIpc) is 3.29. The first kappa shape index (κ1) is 20.3. The van der Waals surface area contributed by atoms with Gasteiger partial charge in [0.25, 0.3) is 0 Å². The zero-order chi connectivity index (χ0) is 20.1. The number of rotatable bonds is 4. The van der Waals surface area contributed by atoms with Crippen molar-refractivity contribution in [2.75, 3.05) is 6.61 Å². The van der Waals surface area contributed by atoms with E-state index in [-0.39, 0.29) is 6.61 Å². The zero-order valence-electron chi connectivity index (χ0n) is 16.0. The molecule has 0 unspecified atom stereocenters. The summed E-state index contributed by atoms with van der Waals surface area (Å²) in [6.45, 7) is 4.26. The van der Waals surface area contributed by atoms with Crippen molar-refractivity contribution >= 4 is 23.1 Å². The van der Waals surface area contributed by atoms with Gasteiger partial charge in [-0.25, -0.2) is 0 Å². The van der Waals surface area contributed by atoms with Crippen LogP contribution >= 0.6 is 23.1 Å². The maximum atomic E-state index is 10.8. The lowest BCUT2D eigenvalue weighted by Gasteiger charge is -2.45. The highest BCUT2D eigenvalue weighted by Gasteiger charge is 2.57. The van der Waals surface area contributed by atoms with Crippen LogP contribution in [0.15, 0.2) is 24.3 Å². The van der Waals surface area contributed by atoms with Gasteiger partial charge in [0.15, 0.2) is 4.93 Å². The average molecular weight is 423 g/mol. The van der Waals surface area contributed by atoms with E-state index in [9.17, 15) is 20.4 Å². The first-order valence-electron chi connectivity index (χ1n) is 9.57. The molecule has 2 aliphatic rings. The number of thiophene rings is 1. The minimum atomic E-state index is -1.38. The van der Waals surface area contributed by atoms with Crippen LogP contribution < -0.4 is 0 Å². The molecule has 2 aliphatic heterocycles. The molecule has 4 N–H and O–H groups in total. The zero-order valence-corrected chi connectivity index (χ0v) is 17.6. The van der Waals surface area contributed by atoms with E-state index < -0.39 is 28.5 Å². The molecule has 152 valence electrons. The minimum absolute atomic E-state index is 0.302. The van der Waals surface area contributed by atoms with Crippen molar-refractivity contribution in [3.63, 3.8) is 0 Å². The fourth-order valence-corrected chi connectivity index (χ4v) is 6.62. The molecule has 1 saturated heterocycles. The van der Waals surface area contributed by atoms with Gasteiger partial charge in [0.05, 0.1) is 24.6 Å². The van der Waals surface area contributed by atoms with E-state index >= 15 is 0 Å². The summed E-state index contributed by atoms with van der Waals surface area (Å²) in [6.07, 6.45) is -2.03. The maximum Gasteiger partial charge on any atom is 0.168 e. The third-order valence-corrected chi connectivity index (χ3v) is 8.65. The van der Waals surface area contributed by atoms with Crippen LogP contribution in [0.5, 0.6) is 0 Å². The SMILES string of the molecule is CCc1ccc(Cc2cc3c(cc2C)CO[C@]32S[C@H](CO)[C@@H](O)[C@H](O)[C@H]2O)s1. The molecule has 4 rings (SSSR count). The summed E-state index contributed by atoms with van der Waals surface area (Å²) in [5, 5.41) is 40.4. The lowest BCUT2D eigenvalue weighted by molar-refractivity contribution is -0.147. The Hall–Kier alpha value is -0.930. The van der Waals surface area contributed by atoms with Crippen molar-refractivity contribution in [2.24, 2.45) is 0 Å². The number of aliphatic hydroxyl groups is 4. The molecule has 3 heterocycles. The van der Waals surface area contributed by atoms with Gasteiger partial charge in [0.2, 0.25) is 0 Å². The van der Waals surface area contributed by atoms with E-state index in [1.807, 2.05) is 11.3 Å². The maximum absolute atomic E-state index is 10.8. The predicted octanol–water partition coefficient (Wildman–Crippen LogP) is 2.08. The number of thioether (sulfide) groups is 1. The Bertz CT molecular complexity index is 864. The third kappa shape index (κ3) is 3.23. The Morgan fingerprint density at radius 3 is 2.57 bits per heavy atom. The fraction of sp³-hybridized carbons (Fsp3) is 0.524. The van der Waals surface area contributed by atoms with E-state index in [0.717, 1.165) is 29.5 Å². The van der Waals surface area contributed by atoms with Crippen molar-refractivity contribution in [2.45, 2.75) is 61.8 Å². The lowest BCUT2D eigenvalue weighted by Crippen LogP contribution is -2.58.